The van der Waals surface area contributed by atoms with Gasteiger partial charge in [0.05, 0.1) is 29.0 Å². The average Bonchev–Trinajstić information content (AvgIpc) is 3.37. The van der Waals surface area contributed by atoms with E-state index in [2.05, 4.69) is 20.1 Å². The standard InChI is InChI=1S/C19H22N6O2/c1-12-17(13(2)27-23-12)18-15(20-5-6-21-18)8-14-4-7-25(9-14)19(26)16-10-24(3)11-22-16/h5-6,10-11,14H,4,7-9H2,1-3H3. The monoisotopic (exact) mass is 366 g/mol. The van der Waals surface area contributed by atoms with E-state index in [1.807, 2.05) is 25.8 Å². The topological polar surface area (TPSA) is 89.9 Å². The molecule has 0 saturated carbocycles. The van der Waals surface area contributed by atoms with Crippen molar-refractivity contribution in [3.05, 3.63) is 47.8 Å². The molecule has 0 radical (unpaired) electrons. The minimum absolute atomic E-state index is 0.0109. The first kappa shape index (κ1) is 17.4. The predicted octanol–water partition coefficient (Wildman–Crippen LogP) is 2.19. The van der Waals surface area contributed by atoms with E-state index in [4.69, 9.17) is 4.52 Å². The van der Waals surface area contributed by atoms with E-state index < -0.39 is 0 Å². The van der Waals surface area contributed by atoms with E-state index in [1.165, 1.54) is 0 Å². The minimum atomic E-state index is -0.0109. The number of hydrogen-bond donors (Lipinski definition) is 0. The van der Waals surface area contributed by atoms with Crippen LogP contribution in [0.15, 0.2) is 29.4 Å². The quantitative estimate of drug-likeness (QED) is 0.703. The summed E-state index contributed by atoms with van der Waals surface area (Å²) in [4.78, 5) is 27.7. The normalized spacial score (nSPS) is 16.9. The number of aryl methyl sites for hydroxylation is 3. The molecule has 1 fully saturated rings. The Labute approximate surface area is 157 Å². The summed E-state index contributed by atoms with van der Waals surface area (Å²) in [6, 6.07) is 0. The van der Waals surface area contributed by atoms with E-state index in [-0.39, 0.29) is 5.91 Å². The van der Waals surface area contributed by atoms with Crippen LogP contribution < -0.4 is 0 Å². The molecule has 3 aromatic rings. The predicted molar refractivity (Wildman–Crippen MR) is 97.9 cm³/mol. The highest BCUT2D eigenvalue weighted by atomic mass is 16.5. The molecule has 0 spiro atoms. The lowest BCUT2D eigenvalue weighted by molar-refractivity contribution is 0.0781. The molecule has 8 nitrogen and oxygen atoms in total. The van der Waals surface area contributed by atoms with Crippen molar-refractivity contribution in [2.24, 2.45) is 13.0 Å². The molecule has 140 valence electrons. The zero-order valence-corrected chi connectivity index (χ0v) is 15.7. The van der Waals surface area contributed by atoms with E-state index in [1.54, 1.807) is 29.5 Å². The van der Waals surface area contributed by atoms with Gasteiger partial charge in [-0.1, -0.05) is 5.16 Å². The van der Waals surface area contributed by atoms with Crippen LogP contribution in [0.5, 0.6) is 0 Å². The molecule has 1 amide bonds. The van der Waals surface area contributed by atoms with Gasteiger partial charge >= 0.3 is 0 Å². The molecular formula is C19H22N6O2. The van der Waals surface area contributed by atoms with Crippen LogP contribution in [0.25, 0.3) is 11.3 Å². The minimum Gasteiger partial charge on any atom is -0.361 e. The van der Waals surface area contributed by atoms with Crippen LogP contribution in [-0.4, -0.2) is 48.6 Å². The lowest BCUT2D eigenvalue weighted by atomic mass is 9.98. The van der Waals surface area contributed by atoms with Crippen LogP contribution in [0.1, 0.15) is 34.1 Å². The summed E-state index contributed by atoms with van der Waals surface area (Å²) in [6.07, 6.45) is 8.51. The number of aromatic nitrogens is 5. The molecular weight excluding hydrogens is 344 g/mol. The molecule has 27 heavy (non-hydrogen) atoms. The number of imidazole rings is 1. The Hall–Kier alpha value is -3.03. The highest BCUT2D eigenvalue weighted by Crippen LogP contribution is 2.30. The van der Waals surface area contributed by atoms with Crippen LogP contribution in [0, 0.1) is 19.8 Å². The number of nitrogens with zero attached hydrogens (tertiary/aromatic N) is 6. The maximum Gasteiger partial charge on any atom is 0.274 e. The number of carbonyl (C=O) groups is 1. The molecule has 1 atom stereocenters. The molecule has 0 bridgehead atoms. The lowest BCUT2D eigenvalue weighted by Gasteiger charge is -2.15. The molecule has 8 heteroatoms. The van der Waals surface area contributed by atoms with Gasteiger partial charge in [0.15, 0.2) is 0 Å². The van der Waals surface area contributed by atoms with Crippen molar-refractivity contribution in [3.8, 4) is 11.3 Å². The van der Waals surface area contributed by atoms with Gasteiger partial charge in [0, 0.05) is 38.7 Å². The van der Waals surface area contributed by atoms with Crippen molar-refractivity contribution < 1.29 is 9.32 Å². The third-order valence-electron chi connectivity index (χ3n) is 5.02. The maximum absolute atomic E-state index is 12.6. The molecule has 0 aliphatic carbocycles. The van der Waals surface area contributed by atoms with Gasteiger partial charge in [0.1, 0.15) is 11.5 Å². The zero-order valence-electron chi connectivity index (χ0n) is 15.7. The third-order valence-corrected chi connectivity index (χ3v) is 5.02. The lowest BCUT2D eigenvalue weighted by Crippen LogP contribution is -2.29. The Kier molecular flexibility index (Phi) is 4.47. The maximum atomic E-state index is 12.6. The second kappa shape index (κ2) is 6.94. The summed E-state index contributed by atoms with van der Waals surface area (Å²) in [5.41, 5.74) is 3.96. The summed E-state index contributed by atoms with van der Waals surface area (Å²) in [7, 11) is 1.86. The van der Waals surface area contributed by atoms with Crippen LogP contribution in [0.4, 0.5) is 0 Å². The number of likely N-dealkylation sites (tertiary alicyclic amines) is 1. The van der Waals surface area contributed by atoms with Gasteiger partial charge in [-0.15, -0.1) is 0 Å². The number of hydrogen-bond acceptors (Lipinski definition) is 6. The van der Waals surface area contributed by atoms with Crippen molar-refractivity contribution in [2.45, 2.75) is 26.7 Å². The van der Waals surface area contributed by atoms with Gasteiger partial charge in [0.25, 0.3) is 5.91 Å². The van der Waals surface area contributed by atoms with E-state index in [0.29, 0.717) is 18.2 Å². The van der Waals surface area contributed by atoms with Crippen molar-refractivity contribution in [1.29, 1.82) is 0 Å². The van der Waals surface area contributed by atoms with E-state index >= 15 is 0 Å². The Morgan fingerprint density at radius 1 is 1.26 bits per heavy atom. The molecule has 1 aliphatic heterocycles. The van der Waals surface area contributed by atoms with Gasteiger partial charge in [-0.3, -0.25) is 14.8 Å². The number of amides is 1. The zero-order chi connectivity index (χ0) is 19.0. The molecule has 0 N–H and O–H groups in total. The van der Waals surface area contributed by atoms with Crippen molar-refractivity contribution in [2.75, 3.05) is 13.1 Å². The fourth-order valence-electron chi connectivity index (χ4n) is 3.69. The second-order valence-corrected chi connectivity index (χ2v) is 7.09. The molecule has 1 unspecified atom stereocenters. The summed E-state index contributed by atoms with van der Waals surface area (Å²) < 4.78 is 7.08. The fourth-order valence-corrected chi connectivity index (χ4v) is 3.69. The van der Waals surface area contributed by atoms with E-state index in [9.17, 15) is 4.79 Å². The summed E-state index contributed by atoms with van der Waals surface area (Å²) in [5, 5.41) is 4.03. The van der Waals surface area contributed by atoms with Gasteiger partial charge in [-0.2, -0.15) is 0 Å². The van der Waals surface area contributed by atoms with Crippen molar-refractivity contribution in [1.82, 2.24) is 29.6 Å². The Morgan fingerprint density at radius 3 is 2.78 bits per heavy atom. The third kappa shape index (κ3) is 3.34. The van der Waals surface area contributed by atoms with Crippen LogP contribution in [0.2, 0.25) is 0 Å². The highest BCUT2D eigenvalue weighted by molar-refractivity contribution is 5.92. The first-order valence-corrected chi connectivity index (χ1v) is 9.03. The smallest absolute Gasteiger partial charge is 0.274 e. The summed E-state index contributed by atoms with van der Waals surface area (Å²) in [6.45, 7) is 5.23. The first-order valence-electron chi connectivity index (χ1n) is 9.03. The fraction of sp³-hybridized carbons (Fsp3) is 0.421. The summed E-state index contributed by atoms with van der Waals surface area (Å²) >= 11 is 0. The van der Waals surface area contributed by atoms with Gasteiger partial charge < -0.3 is 14.0 Å². The molecule has 1 aliphatic rings. The molecule has 3 aromatic heterocycles. The van der Waals surface area contributed by atoms with Crippen LogP contribution >= 0.6 is 0 Å². The second-order valence-electron chi connectivity index (χ2n) is 7.09. The van der Waals surface area contributed by atoms with Gasteiger partial charge in [-0.25, -0.2) is 4.98 Å². The highest BCUT2D eigenvalue weighted by Gasteiger charge is 2.29. The SMILES string of the molecule is Cc1noc(C)c1-c1nccnc1CC1CCN(C(=O)c2cn(C)cn2)C1. The first-order chi connectivity index (χ1) is 13.0. The average molecular weight is 366 g/mol. The van der Waals surface area contributed by atoms with Gasteiger partial charge in [-0.05, 0) is 32.6 Å². The number of rotatable bonds is 4. The van der Waals surface area contributed by atoms with Crippen molar-refractivity contribution >= 4 is 5.91 Å². The summed E-state index contributed by atoms with van der Waals surface area (Å²) in [5.74, 6) is 1.07. The van der Waals surface area contributed by atoms with Crippen LogP contribution in [0.3, 0.4) is 0 Å². The van der Waals surface area contributed by atoms with E-state index in [0.717, 1.165) is 47.8 Å². The number of carbonyl (C=O) groups excluding carboxylic acids is 1. The Bertz CT molecular complexity index is 957. The van der Waals surface area contributed by atoms with Crippen LogP contribution in [-0.2, 0) is 13.5 Å². The Morgan fingerprint density at radius 2 is 2.07 bits per heavy atom. The Balaban J connectivity index is 1.51. The molecule has 4 rings (SSSR count). The molecule has 4 heterocycles. The van der Waals surface area contributed by atoms with Crippen molar-refractivity contribution in [3.63, 3.8) is 0 Å². The molecule has 1 saturated heterocycles. The largest absolute Gasteiger partial charge is 0.361 e. The van der Waals surface area contributed by atoms with Gasteiger partial charge in [0.2, 0.25) is 0 Å². The molecule has 0 aromatic carbocycles.